The molecule has 0 aliphatic heterocycles. The van der Waals surface area contributed by atoms with Crippen LogP contribution in [0, 0.1) is 0 Å². The van der Waals surface area contributed by atoms with E-state index >= 15 is 0 Å². The molecule has 1 amide bonds. The predicted molar refractivity (Wildman–Crippen MR) is 119 cm³/mol. The SMILES string of the molecule is CCOC(=O)c1ccc(N(Cc2ccncc2)C(=O)c2ccc(OC(C)C)cc2)cc1. The van der Waals surface area contributed by atoms with Gasteiger partial charge in [-0.05, 0) is 87.0 Å². The lowest BCUT2D eigenvalue weighted by Gasteiger charge is -2.23. The molecule has 0 radical (unpaired) electrons. The summed E-state index contributed by atoms with van der Waals surface area (Å²) in [6, 6.07) is 17.7. The van der Waals surface area contributed by atoms with E-state index in [1.54, 1.807) is 72.7 Å². The van der Waals surface area contributed by atoms with Gasteiger partial charge in [-0.2, -0.15) is 0 Å². The summed E-state index contributed by atoms with van der Waals surface area (Å²) in [6.07, 6.45) is 3.45. The number of carbonyl (C=O) groups is 2. The van der Waals surface area contributed by atoms with Crippen LogP contribution in [0.5, 0.6) is 5.75 Å². The second-order valence-corrected chi connectivity index (χ2v) is 7.21. The highest BCUT2D eigenvalue weighted by Crippen LogP contribution is 2.23. The molecule has 0 saturated carbocycles. The third kappa shape index (κ3) is 5.92. The van der Waals surface area contributed by atoms with Crippen molar-refractivity contribution < 1.29 is 19.1 Å². The van der Waals surface area contributed by atoms with Crippen molar-refractivity contribution >= 4 is 17.6 Å². The van der Waals surface area contributed by atoms with Gasteiger partial charge >= 0.3 is 5.97 Å². The molecule has 0 bridgehead atoms. The van der Waals surface area contributed by atoms with Crippen molar-refractivity contribution in [3.05, 3.63) is 89.7 Å². The maximum absolute atomic E-state index is 13.4. The topological polar surface area (TPSA) is 68.7 Å². The van der Waals surface area contributed by atoms with Crippen molar-refractivity contribution in [2.24, 2.45) is 0 Å². The minimum Gasteiger partial charge on any atom is -0.491 e. The van der Waals surface area contributed by atoms with Crippen molar-refractivity contribution in [2.75, 3.05) is 11.5 Å². The van der Waals surface area contributed by atoms with Crippen LogP contribution in [0.15, 0.2) is 73.1 Å². The van der Waals surface area contributed by atoms with Crippen LogP contribution in [-0.2, 0) is 11.3 Å². The second-order valence-electron chi connectivity index (χ2n) is 7.21. The van der Waals surface area contributed by atoms with Gasteiger partial charge in [-0.3, -0.25) is 9.78 Å². The average Bonchev–Trinajstić information content (AvgIpc) is 2.78. The van der Waals surface area contributed by atoms with Crippen molar-refractivity contribution in [3.63, 3.8) is 0 Å². The lowest BCUT2D eigenvalue weighted by molar-refractivity contribution is 0.0526. The lowest BCUT2D eigenvalue weighted by Crippen LogP contribution is -2.30. The average molecular weight is 418 g/mol. The molecule has 3 rings (SSSR count). The molecule has 6 nitrogen and oxygen atoms in total. The predicted octanol–water partition coefficient (Wildman–Crippen LogP) is 4.89. The molecule has 0 aliphatic carbocycles. The summed E-state index contributed by atoms with van der Waals surface area (Å²) in [6.45, 7) is 6.35. The number of esters is 1. The first-order valence-electron chi connectivity index (χ1n) is 10.2. The zero-order chi connectivity index (χ0) is 22.2. The summed E-state index contributed by atoms with van der Waals surface area (Å²) >= 11 is 0. The fourth-order valence-electron chi connectivity index (χ4n) is 3.05. The second kappa shape index (κ2) is 10.4. The molecule has 3 aromatic rings. The number of anilines is 1. The van der Waals surface area contributed by atoms with Crippen molar-refractivity contribution in [1.29, 1.82) is 0 Å². The van der Waals surface area contributed by atoms with Gasteiger partial charge in [0.1, 0.15) is 5.75 Å². The Balaban J connectivity index is 1.89. The number of benzene rings is 2. The molecule has 0 N–H and O–H groups in total. The minimum absolute atomic E-state index is 0.0580. The molecule has 1 aromatic heterocycles. The van der Waals surface area contributed by atoms with E-state index in [1.165, 1.54) is 0 Å². The maximum atomic E-state index is 13.4. The highest BCUT2D eigenvalue weighted by atomic mass is 16.5. The molecular weight excluding hydrogens is 392 g/mol. The zero-order valence-corrected chi connectivity index (χ0v) is 17.9. The fourth-order valence-corrected chi connectivity index (χ4v) is 3.05. The quantitative estimate of drug-likeness (QED) is 0.487. The van der Waals surface area contributed by atoms with E-state index in [0.717, 1.165) is 5.56 Å². The van der Waals surface area contributed by atoms with Crippen LogP contribution < -0.4 is 9.64 Å². The monoisotopic (exact) mass is 418 g/mol. The third-order valence-corrected chi connectivity index (χ3v) is 4.50. The van der Waals surface area contributed by atoms with Crippen molar-refractivity contribution in [3.8, 4) is 5.75 Å². The molecule has 0 fully saturated rings. The van der Waals surface area contributed by atoms with E-state index in [0.29, 0.717) is 35.7 Å². The molecule has 6 heteroatoms. The van der Waals surface area contributed by atoms with Gasteiger partial charge in [-0.25, -0.2) is 4.79 Å². The smallest absolute Gasteiger partial charge is 0.338 e. The van der Waals surface area contributed by atoms with Gasteiger partial charge in [0, 0.05) is 23.6 Å². The molecule has 0 unspecified atom stereocenters. The molecule has 0 aliphatic rings. The summed E-state index contributed by atoms with van der Waals surface area (Å²) in [5.74, 6) is 0.171. The number of ether oxygens (including phenoxy) is 2. The normalized spacial score (nSPS) is 10.6. The number of nitrogens with zero attached hydrogens (tertiary/aromatic N) is 2. The highest BCUT2D eigenvalue weighted by molar-refractivity contribution is 6.06. The van der Waals surface area contributed by atoms with Gasteiger partial charge in [0.15, 0.2) is 0 Å². The van der Waals surface area contributed by atoms with Gasteiger partial charge in [0.05, 0.1) is 24.8 Å². The number of pyridine rings is 1. The maximum Gasteiger partial charge on any atom is 0.338 e. The molecule has 0 spiro atoms. The number of carbonyl (C=O) groups excluding carboxylic acids is 2. The van der Waals surface area contributed by atoms with Gasteiger partial charge in [-0.1, -0.05) is 0 Å². The summed E-state index contributed by atoms with van der Waals surface area (Å²) in [5.41, 5.74) is 2.60. The van der Waals surface area contributed by atoms with Gasteiger partial charge in [-0.15, -0.1) is 0 Å². The molecule has 1 heterocycles. The molecule has 0 saturated heterocycles. The first-order valence-corrected chi connectivity index (χ1v) is 10.2. The summed E-state index contributed by atoms with van der Waals surface area (Å²) in [5, 5.41) is 0. The number of amides is 1. The van der Waals surface area contributed by atoms with E-state index in [2.05, 4.69) is 4.98 Å². The van der Waals surface area contributed by atoms with Gasteiger partial charge < -0.3 is 14.4 Å². The van der Waals surface area contributed by atoms with Crippen LogP contribution in [0.3, 0.4) is 0 Å². The zero-order valence-electron chi connectivity index (χ0n) is 17.9. The fraction of sp³-hybridized carbons (Fsp3) is 0.240. The Morgan fingerprint density at radius 3 is 2.10 bits per heavy atom. The van der Waals surface area contributed by atoms with Gasteiger partial charge in [0.25, 0.3) is 5.91 Å². The lowest BCUT2D eigenvalue weighted by atomic mass is 10.1. The first kappa shape index (κ1) is 22.0. The Kier molecular flexibility index (Phi) is 7.38. The van der Waals surface area contributed by atoms with Crippen molar-refractivity contribution in [1.82, 2.24) is 4.98 Å². The first-order chi connectivity index (χ1) is 15.0. The van der Waals surface area contributed by atoms with E-state index in [-0.39, 0.29) is 18.0 Å². The van der Waals surface area contributed by atoms with Crippen molar-refractivity contribution in [2.45, 2.75) is 33.4 Å². The standard InChI is InChI=1S/C25H26N2O4/c1-4-30-25(29)21-5-9-22(10-6-21)27(17-19-13-15-26-16-14-19)24(28)20-7-11-23(12-8-20)31-18(2)3/h5-16,18H,4,17H2,1-3H3. The highest BCUT2D eigenvalue weighted by Gasteiger charge is 2.19. The Hall–Kier alpha value is -3.67. The Labute approximate surface area is 182 Å². The van der Waals surface area contributed by atoms with E-state index < -0.39 is 0 Å². The van der Waals surface area contributed by atoms with Crippen LogP contribution in [-0.4, -0.2) is 29.6 Å². The Bertz CT molecular complexity index is 1000. The van der Waals surface area contributed by atoms with Crippen LogP contribution in [0.4, 0.5) is 5.69 Å². The van der Waals surface area contributed by atoms with Crippen LogP contribution in [0.25, 0.3) is 0 Å². The van der Waals surface area contributed by atoms with E-state index in [1.807, 2.05) is 26.0 Å². The largest absolute Gasteiger partial charge is 0.491 e. The summed E-state index contributed by atoms with van der Waals surface area (Å²) in [4.78, 5) is 31.1. The summed E-state index contributed by atoms with van der Waals surface area (Å²) in [7, 11) is 0. The third-order valence-electron chi connectivity index (χ3n) is 4.50. The molecule has 31 heavy (non-hydrogen) atoms. The van der Waals surface area contributed by atoms with Gasteiger partial charge in [0.2, 0.25) is 0 Å². The van der Waals surface area contributed by atoms with Crippen LogP contribution in [0.2, 0.25) is 0 Å². The number of rotatable bonds is 8. The summed E-state index contributed by atoms with van der Waals surface area (Å²) < 4.78 is 10.7. The molecule has 0 atom stereocenters. The van der Waals surface area contributed by atoms with E-state index in [4.69, 9.17) is 9.47 Å². The molecular formula is C25H26N2O4. The number of aromatic nitrogens is 1. The molecule has 160 valence electrons. The number of hydrogen-bond donors (Lipinski definition) is 0. The Morgan fingerprint density at radius 1 is 0.903 bits per heavy atom. The van der Waals surface area contributed by atoms with Crippen LogP contribution >= 0.6 is 0 Å². The van der Waals surface area contributed by atoms with Crippen LogP contribution in [0.1, 0.15) is 47.1 Å². The van der Waals surface area contributed by atoms with E-state index in [9.17, 15) is 9.59 Å². The number of hydrogen-bond acceptors (Lipinski definition) is 5. The molecule has 2 aromatic carbocycles. The minimum atomic E-state index is -0.387. The Morgan fingerprint density at radius 2 is 1.52 bits per heavy atom.